The van der Waals surface area contributed by atoms with Crippen LogP contribution < -0.4 is 4.72 Å². The van der Waals surface area contributed by atoms with Gasteiger partial charge in [-0.05, 0) is 6.92 Å². The predicted molar refractivity (Wildman–Crippen MR) is 38.2 cm³/mol. The highest BCUT2D eigenvalue weighted by Crippen LogP contribution is 2.02. The van der Waals surface area contributed by atoms with E-state index in [-0.39, 0.29) is 6.54 Å². The number of halogens is 3. The van der Waals surface area contributed by atoms with Crippen molar-refractivity contribution in [2.24, 2.45) is 0 Å². The normalized spacial score (nSPS) is 15.4. The van der Waals surface area contributed by atoms with Crippen molar-refractivity contribution in [3.05, 3.63) is 0 Å². The average molecular weight is 208 g/mol. The Morgan fingerprint density at radius 1 is 1.55 bits per heavy atom. The standard InChI is InChI=1S/C4H8ClF2NO2S/c1-3(5)2-8-11(9,10)4(6)7/h3-4,8H,2H2,1H3. The Hall–Kier alpha value is 0.0600. The van der Waals surface area contributed by atoms with Gasteiger partial charge in [0.05, 0.1) is 0 Å². The minimum absolute atomic E-state index is 0.186. The molecule has 7 heteroatoms. The van der Waals surface area contributed by atoms with Gasteiger partial charge >= 0.3 is 5.76 Å². The van der Waals surface area contributed by atoms with Gasteiger partial charge in [0.25, 0.3) is 10.0 Å². The molecule has 0 aromatic rings. The van der Waals surface area contributed by atoms with Crippen molar-refractivity contribution in [1.82, 2.24) is 4.72 Å². The molecule has 0 amide bonds. The third-order valence-corrected chi connectivity index (χ3v) is 1.99. The third kappa shape index (κ3) is 4.49. The summed E-state index contributed by atoms with van der Waals surface area (Å²) >= 11 is 5.32. The number of alkyl halides is 3. The van der Waals surface area contributed by atoms with Gasteiger partial charge in [-0.2, -0.15) is 8.78 Å². The number of rotatable bonds is 4. The summed E-state index contributed by atoms with van der Waals surface area (Å²) in [6.45, 7) is 1.31. The molecule has 0 bridgehead atoms. The van der Waals surface area contributed by atoms with Crippen LogP contribution >= 0.6 is 11.6 Å². The molecule has 1 atom stereocenters. The van der Waals surface area contributed by atoms with Crippen LogP contribution in [0.5, 0.6) is 0 Å². The Labute approximate surface area is 68.8 Å². The van der Waals surface area contributed by atoms with E-state index in [0.29, 0.717) is 0 Å². The number of sulfonamides is 1. The third-order valence-electron chi connectivity index (χ3n) is 0.800. The molecular formula is C4H8ClF2NO2S. The van der Waals surface area contributed by atoms with E-state index >= 15 is 0 Å². The van der Waals surface area contributed by atoms with E-state index in [2.05, 4.69) is 0 Å². The molecule has 0 aliphatic heterocycles. The lowest BCUT2D eigenvalue weighted by atomic mass is 10.5. The van der Waals surface area contributed by atoms with Crippen LogP contribution in [0, 0.1) is 0 Å². The first-order valence-electron chi connectivity index (χ1n) is 2.77. The first kappa shape index (κ1) is 11.1. The first-order chi connectivity index (χ1) is 4.86. The summed E-state index contributed by atoms with van der Waals surface area (Å²) in [5, 5.41) is -0.497. The van der Waals surface area contributed by atoms with Crippen LogP contribution in [0.2, 0.25) is 0 Å². The van der Waals surface area contributed by atoms with Crippen molar-refractivity contribution in [3.63, 3.8) is 0 Å². The number of hydrogen-bond donors (Lipinski definition) is 1. The van der Waals surface area contributed by atoms with Gasteiger partial charge in [0, 0.05) is 11.9 Å². The van der Waals surface area contributed by atoms with Crippen molar-refractivity contribution in [2.75, 3.05) is 6.54 Å². The molecule has 0 aromatic carbocycles. The molecule has 0 aliphatic rings. The summed E-state index contributed by atoms with van der Waals surface area (Å²) in [4.78, 5) is 0. The van der Waals surface area contributed by atoms with Gasteiger partial charge in [0.2, 0.25) is 0 Å². The van der Waals surface area contributed by atoms with Crippen molar-refractivity contribution in [1.29, 1.82) is 0 Å². The molecule has 0 fully saturated rings. The number of hydrogen-bond acceptors (Lipinski definition) is 2. The Morgan fingerprint density at radius 3 is 2.27 bits per heavy atom. The minimum atomic E-state index is -4.46. The monoisotopic (exact) mass is 207 g/mol. The van der Waals surface area contributed by atoms with Crippen LogP contribution in [-0.4, -0.2) is 26.1 Å². The van der Waals surface area contributed by atoms with Gasteiger partial charge in [-0.1, -0.05) is 0 Å². The van der Waals surface area contributed by atoms with Crippen molar-refractivity contribution >= 4 is 21.6 Å². The van der Waals surface area contributed by atoms with E-state index < -0.39 is 21.2 Å². The highest BCUT2D eigenvalue weighted by atomic mass is 35.5. The van der Waals surface area contributed by atoms with Gasteiger partial charge in [-0.15, -0.1) is 11.6 Å². The number of nitrogens with one attached hydrogen (secondary N) is 1. The molecule has 11 heavy (non-hydrogen) atoms. The van der Waals surface area contributed by atoms with Crippen LogP contribution in [-0.2, 0) is 10.0 Å². The van der Waals surface area contributed by atoms with E-state index in [1.54, 1.807) is 4.72 Å². The summed E-state index contributed by atoms with van der Waals surface area (Å²) in [7, 11) is -4.46. The molecule has 0 saturated heterocycles. The highest BCUT2D eigenvalue weighted by molar-refractivity contribution is 7.89. The summed E-state index contributed by atoms with van der Waals surface area (Å²) in [5.41, 5.74) is 0. The van der Waals surface area contributed by atoms with E-state index in [9.17, 15) is 17.2 Å². The highest BCUT2D eigenvalue weighted by Gasteiger charge is 2.23. The van der Waals surface area contributed by atoms with E-state index in [1.807, 2.05) is 0 Å². The second-order valence-electron chi connectivity index (χ2n) is 1.93. The van der Waals surface area contributed by atoms with Crippen molar-refractivity contribution in [3.8, 4) is 0 Å². The molecule has 1 unspecified atom stereocenters. The zero-order valence-corrected chi connectivity index (χ0v) is 7.29. The quantitative estimate of drug-likeness (QED) is 0.692. The fourth-order valence-corrected chi connectivity index (χ4v) is 1.07. The molecule has 0 aromatic heterocycles. The Morgan fingerprint density at radius 2 is 2.00 bits per heavy atom. The van der Waals surface area contributed by atoms with Gasteiger partial charge < -0.3 is 0 Å². The van der Waals surface area contributed by atoms with E-state index in [1.165, 1.54) is 6.92 Å². The summed E-state index contributed by atoms with van der Waals surface area (Å²) < 4.78 is 45.4. The van der Waals surface area contributed by atoms with Crippen LogP contribution in [0.25, 0.3) is 0 Å². The lowest BCUT2D eigenvalue weighted by molar-refractivity contribution is 0.232. The zero-order chi connectivity index (χ0) is 9.07. The summed E-state index contributed by atoms with van der Waals surface area (Å²) in [6, 6.07) is 0. The SMILES string of the molecule is CC(Cl)CNS(=O)(=O)C(F)F. The maximum absolute atomic E-state index is 11.6. The second-order valence-corrected chi connectivity index (χ2v) is 4.41. The Bertz CT molecular complexity index is 204. The maximum Gasteiger partial charge on any atom is 0.350 e. The fourth-order valence-electron chi connectivity index (χ4n) is 0.294. The molecular weight excluding hydrogens is 200 g/mol. The minimum Gasteiger partial charge on any atom is -0.209 e. The Kier molecular flexibility index (Phi) is 4.20. The van der Waals surface area contributed by atoms with Crippen molar-refractivity contribution in [2.45, 2.75) is 18.1 Å². The van der Waals surface area contributed by atoms with Crippen LogP contribution in [0.3, 0.4) is 0 Å². The van der Waals surface area contributed by atoms with Gasteiger partial charge in [-0.3, -0.25) is 0 Å². The Balaban J connectivity index is 3.95. The largest absolute Gasteiger partial charge is 0.350 e. The first-order valence-corrected chi connectivity index (χ1v) is 4.75. The van der Waals surface area contributed by atoms with Crippen LogP contribution in [0.1, 0.15) is 6.92 Å². The summed E-state index contributed by atoms with van der Waals surface area (Å²) in [6.07, 6.45) is 0. The van der Waals surface area contributed by atoms with Crippen LogP contribution in [0.4, 0.5) is 8.78 Å². The fraction of sp³-hybridized carbons (Fsp3) is 1.00. The van der Waals surface area contributed by atoms with E-state index in [0.717, 1.165) is 0 Å². The lowest BCUT2D eigenvalue weighted by Gasteiger charge is -2.05. The van der Waals surface area contributed by atoms with Gasteiger partial charge in [0.15, 0.2) is 0 Å². The molecule has 0 aliphatic carbocycles. The van der Waals surface area contributed by atoms with Crippen molar-refractivity contribution < 1.29 is 17.2 Å². The summed E-state index contributed by atoms with van der Waals surface area (Å²) in [5.74, 6) is -3.39. The molecule has 0 radical (unpaired) electrons. The maximum atomic E-state index is 11.6. The topological polar surface area (TPSA) is 46.2 Å². The smallest absolute Gasteiger partial charge is 0.209 e. The van der Waals surface area contributed by atoms with Crippen LogP contribution in [0.15, 0.2) is 0 Å². The van der Waals surface area contributed by atoms with Gasteiger partial charge in [0.1, 0.15) is 0 Å². The molecule has 0 heterocycles. The average Bonchev–Trinajstić information content (AvgIpc) is 1.84. The second kappa shape index (κ2) is 4.18. The zero-order valence-electron chi connectivity index (χ0n) is 5.72. The molecule has 1 N–H and O–H groups in total. The molecule has 3 nitrogen and oxygen atoms in total. The molecule has 0 spiro atoms. The molecule has 0 rings (SSSR count). The lowest BCUT2D eigenvalue weighted by Crippen LogP contribution is -2.33. The molecule has 68 valence electrons. The van der Waals surface area contributed by atoms with E-state index in [4.69, 9.17) is 11.6 Å². The predicted octanol–water partition coefficient (Wildman–Crippen LogP) is 0.756. The van der Waals surface area contributed by atoms with Gasteiger partial charge in [-0.25, -0.2) is 13.1 Å². The molecule has 0 saturated carbocycles.